The molecule has 0 unspecified atom stereocenters. The van der Waals surface area contributed by atoms with E-state index >= 15 is 0 Å². The zero-order valence-corrected chi connectivity index (χ0v) is 15.7. The number of halogens is 3. The summed E-state index contributed by atoms with van der Waals surface area (Å²) in [6.45, 7) is 0.204. The lowest BCUT2D eigenvalue weighted by atomic mass is 10.1. The number of rotatable bonds is 6. The lowest BCUT2D eigenvalue weighted by Gasteiger charge is -2.33. The Kier molecular flexibility index (Phi) is 6.41. The van der Waals surface area contributed by atoms with Crippen molar-refractivity contribution in [2.24, 2.45) is 0 Å². The number of alkyl halides is 3. The fourth-order valence-corrected chi connectivity index (χ4v) is 4.53. The van der Waals surface area contributed by atoms with E-state index < -0.39 is 30.1 Å². The Morgan fingerprint density at radius 2 is 2.00 bits per heavy atom. The molecule has 2 heterocycles. The summed E-state index contributed by atoms with van der Waals surface area (Å²) in [5, 5.41) is 4.53. The van der Waals surface area contributed by atoms with Crippen LogP contribution < -0.4 is 5.32 Å². The third kappa shape index (κ3) is 5.01. The lowest BCUT2D eigenvalue weighted by molar-refractivity contribution is -0.190. The third-order valence-corrected chi connectivity index (χ3v) is 5.93. The quantitative estimate of drug-likeness (QED) is 0.791. The van der Waals surface area contributed by atoms with Crippen molar-refractivity contribution in [3.05, 3.63) is 22.4 Å². The van der Waals surface area contributed by atoms with Crippen molar-refractivity contribution < 1.29 is 27.5 Å². The molecular weight excluding hydrogens is 381 g/mol. The van der Waals surface area contributed by atoms with Crippen molar-refractivity contribution in [2.45, 2.75) is 62.9 Å². The second-order valence-electron chi connectivity index (χ2n) is 7.00. The maximum absolute atomic E-state index is 13.3. The van der Waals surface area contributed by atoms with Gasteiger partial charge in [0.1, 0.15) is 6.04 Å². The largest absolute Gasteiger partial charge is 0.471 e. The van der Waals surface area contributed by atoms with Gasteiger partial charge < -0.3 is 15.0 Å². The highest BCUT2D eigenvalue weighted by atomic mass is 32.1. The molecule has 1 aromatic rings. The van der Waals surface area contributed by atoms with Gasteiger partial charge in [0.2, 0.25) is 5.91 Å². The van der Waals surface area contributed by atoms with Crippen molar-refractivity contribution in [1.29, 1.82) is 0 Å². The van der Waals surface area contributed by atoms with E-state index in [1.807, 2.05) is 0 Å². The molecule has 1 aliphatic carbocycles. The second kappa shape index (κ2) is 8.60. The average Bonchev–Trinajstić information content (AvgIpc) is 3.36. The molecule has 2 atom stereocenters. The Morgan fingerprint density at radius 3 is 2.56 bits per heavy atom. The molecule has 1 saturated heterocycles. The minimum absolute atomic E-state index is 0.0504. The molecule has 1 N–H and O–H groups in total. The summed E-state index contributed by atoms with van der Waals surface area (Å²) in [6.07, 6.45) is -0.658. The molecule has 2 aliphatic rings. The first-order chi connectivity index (χ1) is 12.9. The summed E-state index contributed by atoms with van der Waals surface area (Å²) >= 11 is 1.17. The molecule has 9 heteroatoms. The Morgan fingerprint density at radius 1 is 1.26 bits per heavy atom. The Bertz CT molecular complexity index is 639. The fourth-order valence-electron chi connectivity index (χ4n) is 3.70. The van der Waals surface area contributed by atoms with E-state index in [9.17, 15) is 22.8 Å². The molecule has 0 spiro atoms. The zero-order chi connectivity index (χ0) is 19.4. The lowest BCUT2D eigenvalue weighted by Crippen LogP contribution is -2.51. The average molecular weight is 404 g/mol. The van der Waals surface area contributed by atoms with Gasteiger partial charge in [-0.2, -0.15) is 13.2 Å². The molecule has 1 aliphatic heterocycles. The van der Waals surface area contributed by atoms with E-state index in [0.29, 0.717) is 22.8 Å². The molecule has 0 radical (unpaired) electrons. The number of ether oxygens (including phenoxy) is 1. The van der Waals surface area contributed by atoms with E-state index in [4.69, 9.17) is 4.74 Å². The first-order valence-corrected chi connectivity index (χ1v) is 10.1. The van der Waals surface area contributed by atoms with Gasteiger partial charge in [-0.15, -0.1) is 11.3 Å². The molecule has 0 bridgehead atoms. The Balaban J connectivity index is 1.88. The first kappa shape index (κ1) is 20.1. The SMILES string of the molecule is O=C(NC1CCCC1)[C@@H](c1cccs1)N(C[C@H]1CCCO1)C(=O)C(F)(F)F. The zero-order valence-electron chi connectivity index (χ0n) is 14.8. The van der Waals surface area contributed by atoms with E-state index in [1.165, 1.54) is 11.3 Å². The number of nitrogens with one attached hydrogen (secondary N) is 1. The van der Waals surface area contributed by atoms with Gasteiger partial charge in [-0.3, -0.25) is 9.59 Å². The first-order valence-electron chi connectivity index (χ1n) is 9.19. The van der Waals surface area contributed by atoms with E-state index in [2.05, 4.69) is 5.32 Å². The minimum atomic E-state index is -5.05. The summed E-state index contributed by atoms with van der Waals surface area (Å²) in [6, 6.07) is 1.91. The van der Waals surface area contributed by atoms with Gasteiger partial charge in [0.05, 0.1) is 6.10 Å². The molecular formula is C18H23F3N2O3S. The summed E-state index contributed by atoms with van der Waals surface area (Å²) in [5.41, 5.74) is 0. The van der Waals surface area contributed by atoms with Crippen molar-refractivity contribution >= 4 is 23.2 Å². The van der Waals surface area contributed by atoms with Crippen LogP contribution in [0.1, 0.15) is 49.4 Å². The molecule has 27 heavy (non-hydrogen) atoms. The van der Waals surface area contributed by atoms with E-state index in [1.54, 1.807) is 17.5 Å². The van der Waals surface area contributed by atoms with Gasteiger partial charge in [-0.05, 0) is 37.1 Å². The van der Waals surface area contributed by atoms with Crippen molar-refractivity contribution in [1.82, 2.24) is 10.2 Å². The van der Waals surface area contributed by atoms with Crippen LogP contribution in [0.5, 0.6) is 0 Å². The van der Waals surface area contributed by atoms with Crippen LogP contribution in [0, 0.1) is 0 Å². The molecule has 0 aromatic carbocycles. The summed E-state index contributed by atoms with van der Waals surface area (Å²) in [4.78, 5) is 26.2. The standard InChI is InChI=1S/C18H23F3N2O3S/c19-18(20,21)17(25)23(11-13-7-3-9-26-13)15(14-8-4-10-27-14)16(24)22-12-5-1-2-6-12/h4,8,10,12-13,15H,1-3,5-7,9,11H2,(H,22,24)/t13-,15-/m1/s1. The smallest absolute Gasteiger partial charge is 0.376 e. The van der Waals surface area contributed by atoms with Crippen molar-refractivity contribution in [3.8, 4) is 0 Å². The van der Waals surface area contributed by atoms with Crippen molar-refractivity contribution in [3.63, 3.8) is 0 Å². The summed E-state index contributed by atoms with van der Waals surface area (Å²) < 4.78 is 45.3. The molecule has 150 valence electrons. The van der Waals surface area contributed by atoms with Crippen LogP contribution in [0.4, 0.5) is 13.2 Å². The van der Waals surface area contributed by atoms with Gasteiger partial charge in [-0.1, -0.05) is 18.9 Å². The highest BCUT2D eigenvalue weighted by Crippen LogP contribution is 2.32. The van der Waals surface area contributed by atoms with Crippen molar-refractivity contribution in [2.75, 3.05) is 13.2 Å². The van der Waals surface area contributed by atoms with Gasteiger partial charge in [-0.25, -0.2) is 0 Å². The number of hydrogen-bond donors (Lipinski definition) is 1. The molecule has 2 amide bonds. The minimum Gasteiger partial charge on any atom is -0.376 e. The molecule has 3 rings (SSSR count). The third-order valence-electron chi connectivity index (χ3n) is 5.00. The van der Waals surface area contributed by atoms with Crippen LogP contribution in [0.2, 0.25) is 0 Å². The van der Waals surface area contributed by atoms with Crippen LogP contribution >= 0.6 is 11.3 Å². The number of nitrogens with zero attached hydrogens (tertiary/aromatic N) is 1. The van der Waals surface area contributed by atoms with Gasteiger partial charge >= 0.3 is 12.1 Å². The van der Waals surface area contributed by atoms with Gasteiger partial charge in [0.25, 0.3) is 0 Å². The fraction of sp³-hybridized carbons (Fsp3) is 0.667. The number of hydrogen-bond acceptors (Lipinski definition) is 4. The number of amides is 2. The maximum Gasteiger partial charge on any atom is 0.471 e. The van der Waals surface area contributed by atoms with Gasteiger partial charge in [0.15, 0.2) is 0 Å². The predicted molar refractivity (Wildman–Crippen MR) is 94.2 cm³/mol. The topological polar surface area (TPSA) is 58.6 Å². The number of carbonyl (C=O) groups is 2. The van der Waals surface area contributed by atoms with Crippen LogP contribution in [0.25, 0.3) is 0 Å². The van der Waals surface area contributed by atoms with E-state index in [-0.39, 0.29) is 12.6 Å². The predicted octanol–water partition coefficient (Wildman–Crippen LogP) is 3.42. The van der Waals surface area contributed by atoms with E-state index in [0.717, 1.165) is 32.1 Å². The Hall–Kier alpha value is -1.61. The maximum atomic E-state index is 13.3. The number of carbonyl (C=O) groups excluding carboxylic acids is 2. The summed E-state index contributed by atoms with van der Waals surface area (Å²) in [5.74, 6) is -2.56. The molecule has 5 nitrogen and oxygen atoms in total. The highest BCUT2D eigenvalue weighted by molar-refractivity contribution is 7.10. The van der Waals surface area contributed by atoms with Crippen LogP contribution in [0.15, 0.2) is 17.5 Å². The van der Waals surface area contributed by atoms with Crippen LogP contribution in [0.3, 0.4) is 0 Å². The van der Waals surface area contributed by atoms with Crippen LogP contribution in [-0.4, -0.2) is 48.2 Å². The normalized spacial score (nSPS) is 22.0. The monoisotopic (exact) mass is 404 g/mol. The number of thiophene rings is 1. The molecule has 1 saturated carbocycles. The summed E-state index contributed by atoms with van der Waals surface area (Å²) in [7, 11) is 0. The molecule has 2 fully saturated rings. The van der Waals surface area contributed by atoms with Crippen LogP contribution in [-0.2, 0) is 14.3 Å². The highest BCUT2D eigenvalue weighted by Gasteiger charge is 2.48. The second-order valence-corrected chi connectivity index (χ2v) is 7.98. The Labute approximate surface area is 159 Å². The van der Waals surface area contributed by atoms with Gasteiger partial charge in [0, 0.05) is 24.1 Å². The molecule has 1 aromatic heterocycles.